The lowest BCUT2D eigenvalue weighted by Crippen LogP contribution is -2.37. The van der Waals surface area contributed by atoms with E-state index >= 15 is 0 Å². The van der Waals surface area contributed by atoms with E-state index in [4.69, 9.17) is 5.73 Å². The largest absolute Gasteiger partial charge is 0.505 e. The Hall–Kier alpha value is -2.92. The fourth-order valence-corrected chi connectivity index (χ4v) is 5.60. The lowest BCUT2D eigenvalue weighted by molar-refractivity contribution is 0.0621. The molecule has 34 heavy (non-hydrogen) atoms. The summed E-state index contributed by atoms with van der Waals surface area (Å²) < 4.78 is 51.1. The zero-order chi connectivity index (χ0) is 25.3. The van der Waals surface area contributed by atoms with Crippen LogP contribution in [0.2, 0.25) is 0 Å². The Morgan fingerprint density at radius 2 is 1.50 bits per heavy atom. The predicted octanol–water partition coefficient (Wildman–Crippen LogP) is 2.67. The highest BCUT2D eigenvalue weighted by Crippen LogP contribution is 2.41. The third kappa shape index (κ3) is 5.76. The zero-order valence-electron chi connectivity index (χ0n) is 19.1. The van der Waals surface area contributed by atoms with Crippen LogP contribution >= 0.6 is 0 Å². The second kappa shape index (κ2) is 9.38. The van der Waals surface area contributed by atoms with Crippen LogP contribution in [0, 0.1) is 0 Å². The van der Waals surface area contributed by atoms with Gasteiger partial charge in [-0.1, -0.05) is 54.6 Å². The number of hydrogen-bond donors (Lipinski definition) is 3. The van der Waals surface area contributed by atoms with Gasteiger partial charge in [-0.25, -0.2) is 16.8 Å². The molecule has 0 amide bonds. The van der Waals surface area contributed by atoms with Crippen LogP contribution in [0.15, 0.2) is 77.7 Å². The molecule has 2 atom stereocenters. The topological polar surface area (TPSA) is 138 Å². The number of para-hydroxylation sites is 1. The molecule has 0 aromatic heterocycles. The number of anilines is 1. The maximum absolute atomic E-state index is 13.1. The molecule has 0 radical (unpaired) electrons. The van der Waals surface area contributed by atoms with Crippen molar-refractivity contribution in [3.05, 3.63) is 89.5 Å². The molecule has 0 bridgehead atoms. The van der Waals surface area contributed by atoms with E-state index in [2.05, 4.69) is 0 Å². The Labute approximate surface area is 200 Å². The molecular weight excluding hydrogens is 476 g/mol. The molecule has 4 N–H and O–H groups in total. The molecule has 0 aliphatic heterocycles. The molecular formula is C24H28N2O6S2. The van der Waals surface area contributed by atoms with Gasteiger partial charge in [0, 0.05) is 11.8 Å². The summed E-state index contributed by atoms with van der Waals surface area (Å²) in [5, 5.41) is 21.2. The number of rotatable bonds is 8. The Morgan fingerprint density at radius 3 is 2.00 bits per heavy atom. The number of sulfone groups is 1. The average molecular weight is 505 g/mol. The SMILES string of the molecule is CC(N)(O)c1cccc(N(C(Cc2ccccc2)c2ccc(S(C)(=O)=O)cc2)S(C)(=O)=O)c1O. The van der Waals surface area contributed by atoms with Crippen LogP contribution < -0.4 is 10.0 Å². The Morgan fingerprint density at radius 1 is 0.912 bits per heavy atom. The first-order valence-corrected chi connectivity index (χ1v) is 14.1. The summed E-state index contributed by atoms with van der Waals surface area (Å²) in [5.41, 5.74) is 5.12. The first-order valence-electron chi connectivity index (χ1n) is 10.4. The van der Waals surface area contributed by atoms with E-state index in [0.717, 1.165) is 22.4 Å². The van der Waals surface area contributed by atoms with Gasteiger partial charge in [0.05, 0.1) is 22.9 Å². The molecule has 10 heteroatoms. The molecule has 0 heterocycles. The number of aliphatic hydroxyl groups is 1. The fraction of sp³-hybridized carbons (Fsp3) is 0.250. The van der Waals surface area contributed by atoms with Gasteiger partial charge < -0.3 is 10.2 Å². The van der Waals surface area contributed by atoms with Crippen molar-refractivity contribution < 1.29 is 27.0 Å². The minimum absolute atomic E-state index is 0.0375. The lowest BCUT2D eigenvalue weighted by atomic mass is 9.97. The van der Waals surface area contributed by atoms with Gasteiger partial charge in [0.25, 0.3) is 0 Å². The van der Waals surface area contributed by atoms with Crippen molar-refractivity contribution in [3.8, 4) is 5.75 Å². The molecule has 0 aliphatic carbocycles. The maximum Gasteiger partial charge on any atom is 0.232 e. The minimum atomic E-state index is -3.98. The molecule has 0 spiro atoms. The van der Waals surface area contributed by atoms with Crippen LogP contribution in [0.4, 0.5) is 5.69 Å². The summed E-state index contributed by atoms with van der Waals surface area (Å²) in [7, 11) is -7.42. The van der Waals surface area contributed by atoms with Gasteiger partial charge in [-0.15, -0.1) is 0 Å². The predicted molar refractivity (Wildman–Crippen MR) is 132 cm³/mol. The van der Waals surface area contributed by atoms with Gasteiger partial charge in [-0.2, -0.15) is 0 Å². The minimum Gasteiger partial charge on any atom is -0.505 e. The van der Waals surface area contributed by atoms with Crippen LogP contribution in [0.1, 0.15) is 29.7 Å². The van der Waals surface area contributed by atoms with Gasteiger partial charge in [0.1, 0.15) is 11.5 Å². The fourth-order valence-electron chi connectivity index (χ4n) is 3.81. The Kier molecular flexibility index (Phi) is 7.09. The number of phenolic OH excluding ortho intramolecular Hbond substituents is 1. The molecule has 0 fully saturated rings. The van der Waals surface area contributed by atoms with E-state index in [9.17, 15) is 27.0 Å². The number of hydrogen-bond acceptors (Lipinski definition) is 7. The van der Waals surface area contributed by atoms with Crippen molar-refractivity contribution in [1.82, 2.24) is 0 Å². The lowest BCUT2D eigenvalue weighted by Gasteiger charge is -2.34. The molecule has 0 saturated heterocycles. The number of phenols is 1. The average Bonchev–Trinajstić information content (AvgIpc) is 2.73. The summed E-state index contributed by atoms with van der Waals surface area (Å²) in [6, 6.07) is 18.6. The van der Waals surface area contributed by atoms with Gasteiger partial charge in [0.2, 0.25) is 10.0 Å². The molecule has 8 nitrogen and oxygen atoms in total. The molecule has 3 aromatic carbocycles. The molecule has 0 saturated carbocycles. The van der Waals surface area contributed by atoms with Crippen molar-refractivity contribution in [3.63, 3.8) is 0 Å². The molecule has 3 rings (SSSR count). The van der Waals surface area contributed by atoms with E-state index in [1.54, 1.807) is 12.1 Å². The van der Waals surface area contributed by atoms with Crippen LogP contribution in [0.25, 0.3) is 0 Å². The van der Waals surface area contributed by atoms with Crippen LogP contribution in [0.5, 0.6) is 5.75 Å². The highest BCUT2D eigenvalue weighted by atomic mass is 32.2. The van der Waals surface area contributed by atoms with Crippen molar-refractivity contribution in [2.45, 2.75) is 30.0 Å². The standard InChI is InChI=1S/C24H28N2O6S2/c1-24(25,28)20-10-7-11-21(23(20)27)26(34(3,31)32)22(16-17-8-5-4-6-9-17)18-12-14-19(15-13-18)33(2,29)30/h4-15,22,27-28H,16,25H2,1-3H3. The Bertz CT molecular complexity index is 1370. The first kappa shape index (κ1) is 25.7. The summed E-state index contributed by atoms with van der Waals surface area (Å²) in [6.45, 7) is 1.28. The van der Waals surface area contributed by atoms with E-state index in [1.807, 2.05) is 30.3 Å². The van der Waals surface area contributed by atoms with Crippen molar-refractivity contribution in [1.29, 1.82) is 0 Å². The highest BCUT2D eigenvalue weighted by Gasteiger charge is 2.33. The molecule has 3 aromatic rings. The third-order valence-corrected chi connectivity index (χ3v) is 7.70. The number of nitrogens with zero attached hydrogens (tertiary/aromatic N) is 1. The molecule has 182 valence electrons. The monoisotopic (exact) mass is 504 g/mol. The maximum atomic E-state index is 13.1. The summed E-state index contributed by atoms with van der Waals surface area (Å²) in [6.07, 6.45) is 2.34. The third-order valence-electron chi connectivity index (χ3n) is 5.40. The van der Waals surface area contributed by atoms with Gasteiger partial charge in [-0.3, -0.25) is 10.0 Å². The number of aromatic hydroxyl groups is 1. The number of nitrogens with two attached hydrogens (primary N) is 1. The smallest absolute Gasteiger partial charge is 0.232 e. The summed E-state index contributed by atoms with van der Waals surface area (Å²) >= 11 is 0. The van der Waals surface area contributed by atoms with Gasteiger partial charge >= 0.3 is 0 Å². The second-order valence-corrected chi connectivity index (χ2v) is 12.3. The van der Waals surface area contributed by atoms with Crippen molar-refractivity contribution in [2.24, 2.45) is 5.73 Å². The van der Waals surface area contributed by atoms with E-state index in [-0.39, 0.29) is 22.6 Å². The number of sulfonamides is 1. The second-order valence-electron chi connectivity index (χ2n) is 8.43. The van der Waals surface area contributed by atoms with Crippen LogP contribution in [0.3, 0.4) is 0 Å². The molecule has 2 unspecified atom stereocenters. The quantitative estimate of drug-likeness (QED) is 0.401. The van der Waals surface area contributed by atoms with E-state index in [0.29, 0.717) is 5.56 Å². The summed E-state index contributed by atoms with van der Waals surface area (Å²) in [4.78, 5) is 0.102. The van der Waals surface area contributed by atoms with E-state index < -0.39 is 37.4 Å². The van der Waals surface area contributed by atoms with Gasteiger partial charge in [-0.05, 0) is 42.7 Å². The first-order chi connectivity index (χ1) is 15.7. The van der Waals surface area contributed by atoms with E-state index in [1.165, 1.54) is 37.3 Å². The van der Waals surface area contributed by atoms with Crippen molar-refractivity contribution in [2.75, 3.05) is 16.8 Å². The normalized spacial score (nSPS) is 14.9. The van der Waals surface area contributed by atoms with Gasteiger partial charge in [0.15, 0.2) is 9.84 Å². The summed E-state index contributed by atoms with van der Waals surface area (Å²) in [5.74, 6) is -0.466. The van der Waals surface area contributed by atoms with Crippen LogP contribution in [-0.2, 0) is 32.0 Å². The number of benzene rings is 3. The zero-order valence-corrected chi connectivity index (χ0v) is 20.7. The van der Waals surface area contributed by atoms with Crippen LogP contribution in [-0.4, -0.2) is 39.6 Å². The molecule has 0 aliphatic rings. The van der Waals surface area contributed by atoms with Crippen molar-refractivity contribution >= 4 is 25.5 Å². The highest BCUT2D eigenvalue weighted by molar-refractivity contribution is 7.92. The Balaban J connectivity index is 2.25.